The summed E-state index contributed by atoms with van der Waals surface area (Å²) in [5.74, 6) is 2.23. The molecule has 0 saturated heterocycles. The summed E-state index contributed by atoms with van der Waals surface area (Å²) < 4.78 is 0. The Morgan fingerprint density at radius 3 is 2.39 bits per heavy atom. The maximum absolute atomic E-state index is 5.19. The Hall–Kier alpha value is -1.57. The maximum atomic E-state index is 5.19. The molecule has 1 fully saturated rings. The maximum Gasteiger partial charge on any atom is 0.157 e. The van der Waals surface area contributed by atoms with Gasteiger partial charge >= 0.3 is 0 Å². The molecule has 18 heavy (non-hydrogen) atoms. The molecule has 0 N–H and O–H groups in total. The molecule has 96 valence electrons. The van der Waals surface area contributed by atoms with Crippen molar-refractivity contribution in [3.05, 3.63) is 42.5 Å². The van der Waals surface area contributed by atoms with E-state index in [9.17, 15) is 0 Å². The standard InChI is InChI=1S/C16H21NO/c1-3-13-5-7-14(8-6-13)15-9-11-16(12-10-15)18-17-4-2/h3-4,9-14H,1,5-8H2,2H3. The molecule has 1 aliphatic rings. The number of hydrogen-bond donors (Lipinski definition) is 0. The van der Waals surface area contributed by atoms with Gasteiger partial charge in [-0.1, -0.05) is 23.4 Å². The fourth-order valence-corrected chi connectivity index (χ4v) is 2.60. The van der Waals surface area contributed by atoms with Gasteiger partial charge in [0.05, 0.1) is 0 Å². The average Bonchev–Trinajstić information content (AvgIpc) is 2.46. The molecule has 0 bridgehead atoms. The minimum atomic E-state index is 0.699. The van der Waals surface area contributed by atoms with E-state index in [-0.39, 0.29) is 0 Å². The molecule has 2 nitrogen and oxygen atoms in total. The van der Waals surface area contributed by atoms with Crippen LogP contribution < -0.4 is 4.84 Å². The highest BCUT2D eigenvalue weighted by Crippen LogP contribution is 2.36. The van der Waals surface area contributed by atoms with Gasteiger partial charge in [-0.05, 0) is 62.1 Å². The van der Waals surface area contributed by atoms with Crippen molar-refractivity contribution in [2.45, 2.75) is 38.5 Å². The molecule has 1 aliphatic carbocycles. The number of rotatable bonds is 4. The summed E-state index contributed by atoms with van der Waals surface area (Å²) in [5, 5.41) is 3.77. The van der Waals surface area contributed by atoms with Crippen LogP contribution in [-0.4, -0.2) is 6.21 Å². The highest BCUT2D eigenvalue weighted by atomic mass is 16.6. The van der Waals surface area contributed by atoms with E-state index in [1.165, 1.54) is 31.2 Å². The lowest BCUT2D eigenvalue weighted by molar-refractivity contribution is 0.342. The lowest BCUT2D eigenvalue weighted by Crippen LogP contribution is -2.11. The van der Waals surface area contributed by atoms with E-state index in [0.717, 1.165) is 11.7 Å². The van der Waals surface area contributed by atoms with Crippen LogP contribution in [0, 0.1) is 5.92 Å². The molecule has 0 amide bonds. The second-order valence-electron chi connectivity index (χ2n) is 4.87. The minimum absolute atomic E-state index is 0.699. The van der Waals surface area contributed by atoms with Gasteiger partial charge in [-0.2, -0.15) is 0 Å². The van der Waals surface area contributed by atoms with E-state index in [2.05, 4.69) is 29.9 Å². The highest BCUT2D eigenvalue weighted by Gasteiger charge is 2.20. The van der Waals surface area contributed by atoms with Crippen LogP contribution in [0.2, 0.25) is 0 Å². The number of allylic oxidation sites excluding steroid dienone is 1. The first-order valence-electron chi connectivity index (χ1n) is 6.71. The summed E-state index contributed by atoms with van der Waals surface area (Å²) >= 11 is 0. The quantitative estimate of drug-likeness (QED) is 0.432. The molecule has 2 rings (SSSR count). The van der Waals surface area contributed by atoms with E-state index < -0.39 is 0 Å². The number of nitrogens with zero attached hydrogens (tertiary/aromatic N) is 1. The summed E-state index contributed by atoms with van der Waals surface area (Å²) in [6, 6.07) is 8.34. The van der Waals surface area contributed by atoms with Crippen LogP contribution in [0.5, 0.6) is 5.75 Å². The van der Waals surface area contributed by atoms with Crippen LogP contribution in [0.4, 0.5) is 0 Å². The monoisotopic (exact) mass is 243 g/mol. The van der Waals surface area contributed by atoms with Crippen molar-refractivity contribution in [1.82, 2.24) is 0 Å². The highest BCUT2D eigenvalue weighted by molar-refractivity contribution is 5.52. The number of hydrogen-bond acceptors (Lipinski definition) is 2. The van der Waals surface area contributed by atoms with Gasteiger partial charge in [0.15, 0.2) is 5.75 Å². The lowest BCUT2D eigenvalue weighted by Gasteiger charge is -2.26. The van der Waals surface area contributed by atoms with Gasteiger partial charge in [0, 0.05) is 6.21 Å². The fourth-order valence-electron chi connectivity index (χ4n) is 2.60. The Balaban J connectivity index is 1.95. The van der Waals surface area contributed by atoms with E-state index in [1.54, 1.807) is 6.21 Å². The first-order valence-corrected chi connectivity index (χ1v) is 6.71. The molecule has 2 heteroatoms. The molecule has 1 saturated carbocycles. The first-order chi connectivity index (χ1) is 8.83. The molecule has 1 aromatic carbocycles. The summed E-state index contributed by atoms with van der Waals surface area (Å²) in [4.78, 5) is 5.19. The van der Waals surface area contributed by atoms with Gasteiger partial charge in [-0.15, -0.1) is 6.58 Å². The van der Waals surface area contributed by atoms with Crippen LogP contribution in [0.1, 0.15) is 44.1 Å². The minimum Gasteiger partial charge on any atom is -0.357 e. The van der Waals surface area contributed by atoms with E-state index in [0.29, 0.717) is 5.92 Å². The zero-order valence-electron chi connectivity index (χ0n) is 11.0. The second kappa shape index (κ2) is 6.39. The summed E-state index contributed by atoms with van der Waals surface area (Å²) in [7, 11) is 0. The Morgan fingerprint density at radius 2 is 1.83 bits per heavy atom. The predicted molar refractivity (Wildman–Crippen MR) is 76.1 cm³/mol. The summed E-state index contributed by atoms with van der Waals surface area (Å²) in [6.07, 6.45) is 8.83. The average molecular weight is 243 g/mol. The van der Waals surface area contributed by atoms with Gasteiger partial charge in [0.2, 0.25) is 0 Å². The first kappa shape index (κ1) is 12.9. The Bertz CT molecular complexity index is 400. The van der Waals surface area contributed by atoms with Crippen LogP contribution in [0.3, 0.4) is 0 Å². The smallest absolute Gasteiger partial charge is 0.157 e. The molecule has 0 radical (unpaired) electrons. The van der Waals surface area contributed by atoms with Gasteiger partial charge in [0.25, 0.3) is 0 Å². The third-order valence-corrected chi connectivity index (χ3v) is 3.72. The molecular formula is C16H21NO. The van der Waals surface area contributed by atoms with E-state index in [1.807, 2.05) is 19.1 Å². The van der Waals surface area contributed by atoms with Crippen molar-refractivity contribution in [3.63, 3.8) is 0 Å². The zero-order valence-corrected chi connectivity index (χ0v) is 11.0. The fraction of sp³-hybridized carbons (Fsp3) is 0.438. The van der Waals surface area contributed by atoms with Crippen molar-refractivity contribution < 1.29 is 4.84 Å². The van der Waals surface area contributed by atoms with Gasteiger partial charge < -0.3 is 4.84 Å². The third kappa shape index (κ3) is 3.22. The zero-order chi connectivity index (χ0) is 12.8. The molecule has 0 unspecified atom stereocenters. The predicted octanol–water partition coefficient (Wildman–Crippen LogP) is 4.53. The molecule has 0 heterocycles. The van der Waals surface area contributed by atoms with Gasteiger partial charge in [-0.3, -0.25) is 0 Å². The van der Waals surface area contributed by atoms with Gasteiger partial charge in [-0.25, -0.2) is 0 Å². The Morgan fingerprint density at radius 1 is 1.17 bits per heavy atom. The molecule has 0 aliphatic heterocycles. The molecule has 0 atom stereocenters. The third-order valence-electron chi connectivity index (χ3n) is 3.72. The summed E-state index contributed by atoms with van der Waals surface area (Å²) in [6.45, 7) is 5.73. The molecule has 0 aromatic heterocycles. The van der Waals surface area contributed by atoms with E-state index in [4.69, 9.17) is 4.84 Å². The number of oxime groups is 1. The van der Waals surface area contributed by atoms with Crippen LogP contribution in [0.15, 0.2) is 42.1 Å². The second-order valence-corrected chi connectivity index (χ2v) is 4.87. The van der Waals surface area contributed by atoms with Crippen LogP contribution in [0.25, 0.3) is 0 Å². The van der Waals surface area contributed by atoms with Crippen molar-refractivity contribution in [1.29, 1.82) is 0 Å². The normalized spacial score (nSPS) is 24.1. The largest absolute Gasteiger partial charge is 0.357 e. The van der Waals surface area contributed by atoms with Crippen molar-refractivity contribution in [3.8, 4) is 5.75 Å². The number of benzene rings is 1. The Labute approximate surface area is 109 Å². The molecular weight excluding hydrogens is 222 g/mol. The molecule has 1 aromatic rings. The van der Waals surface area contributed by atoms with Gasteiger partial charge in [0.1, 0.15) is 0 Å². The molecule has 0 spiro atoms. The Kier molecular flexibility index (Phi) is 4.57. The summed E-state index contributed by atoms with van der Waals surface area (Å²) in [5.41, 5.74) is 1.42. The lowest BCUT2D eigenvalue weighted by atomic mass is 9.79. The van der Waals surface area contributed by atoms with Crippen LogP contribution >= 0.6 is 0 Å². The SMILES string of the molecule is C=CC1CCC(c2ccc(ON=CC)cc2)CC1. The van der Waals surface area contributed by atoms with E-state index >= 15 is 0 Å². The van der Waals surface area contributed by atoms with Crippen molar-refractivity contribution in [2.75, 3.05) is 0 Å². The van der Waals surface area contributed by atoms with Crippen molar-refractivity contribution in [2.24, 2.45) is 11.1 Å². The van der Waals surface area contributed by atoms with Crippen LogP contribution in [-0.2, 0) is 0 Å². The van der Waals surface area contributed by atoms with Crippen molar-refractivity contribution >= 4 is 6.21 Å². The topological polar surface area (TPSA) is 21.6 Å².